The first-order valence-electron chi connectivity index (χ1n) is 4.86. The Labute approximate surface area is 103 Å². The van der Waals surface area contributed by atoms with Crippen molar-refractivity contribution in [1.29, 1.82) is 0 Å². The van der Waals surface area contributed by atoms with Gasteiger partial charge < -0.3 is 15.2 Å². The molecule has 0 bridgehead atoms. The third kappa shape index (κ3) is 4.88. The number of carboxylic acids is 1. The van der Waals surface area contributed by atoms with Gasteiger partial charge in [-0.25, -0.2) is 4.79 Å². The first-order chi connectivity index (χ1) is 8.13. The Morgan fingerprint density at radius 2 is 2.06 bits per heavy atom. The summed E-state index contributed by atoms with van der Waals surface area (Å²) in [4.78, 5) is 23.0. The molecular formula is C11H13NO4S. The fourth-order valence-corrected chi connectivity index (χ4v) is 1.81. The Balaban J connectivity index is 2.37. The predicted molar refractivity (Wildman–Crippen MR) is 63.7 cm³/mol. The molecule has 1 atom stereocenters. The molecule has 0 fully saturated rings. The van der Waals surface area contributed by atoms with Crippen molar-refractivity contribution in [3.8, 4) is 0 Å². The molecule has 0 aliphatic carbocycles. The standard InChI is InChI=1S/C11H13NO4S/c1-16-10(11(14)15)12-9(13)7-17-8-5-3-2-4-6-8/h2-6,10H,7H2,1H3,(H,12,13)(H,14,15). The summed E-state index contributed by atoms with van der Waals surface area (Å²) in [5, 5.41) is 10.9. The van der Waals surface area contributed by atoms with Crippen LogP contribution in [0.15, 0.2) is 35.2 Å². The van der Waals surface area contributed by atoms with Gasteiger partial charge in [-0.1, -0.05) is 18.2 Å². The molecule has 0 heterocycles. The molecule has 6 heteroatoms. The smallest absolute Gasteiger partial charge is 0.354 e. The third-order valence-corrected chi connectivity index (χ3v) is 2.88. The summed E-state index contributed by atoms with van der Waals surface area (Å²) in [7, 11) is 1.23. The summed E-state index contributed by atoms with van der Waals surface area (Å²) in [6.07, 6.45) is -1.29. The summed E-state index contributed by atoms with van der Waals surface area (Å²) in [5.74, 6) is -1.45. The highest BCUT2D eigenvalue weighted by molar-refractivity contribution is 8.00. The van der Waals surface area contributed by atoms with Gasteiger partial charge >= 0.3 is 5.97 Å². The zero-order chi connectivity index (χ0) is 12.7. The van der Waals surface area contributed by atoms with Crippen molar-refractivity contribution in [2.75, 3.05) is 12.9 Å². The van der Waals surface area contributed by atoms with Gasteiger partial charge in [0.1, 0.15) is 0 Å². The van der Waals surface area contributed by atoms with E-state index in [1.54, 1.807) is 0 Å². The SMILES string of the molecule is COC(NC(=O)CSc1ccccc1)C(=O)O. The lowest BCUT2D eigenvalue weighted by Crippen LogP contribution is -2.42. The second-order valence-corrected chi connectivity index (χ2v) is 4.17. The molecule has 1 aromatic carbocycles. The average Bonchev–Trinajstić information content (AvgIpc) is 2.34. The van der Waals surface area contributed by atoms with Gasteiger partial charge in [0.05, 0.1) is 5.75 Å². The molecule has 0 spiro atoms. The van der Waals surface area contributed by atoms with E-state index in [9.17, 15) is 9.59 Å². The van der Waals surface area contributed by atoms with Crippen molar-refractivity contribution in [2.24, 2.45) is 0 Å². The van der Waals surface area contributed by atoms with Crippen LogP contribution in [0.2, 0.25) is 0 Å². The lowest BCUT2D eigenvalue weighted by atomic mass is 10.4. The molecule has 0 radical (unpaired) electrons. The van der Waals surface area contributed by atoms with E-state index in [1.807, 2.05) is 30.3 Å². The van der Waals surface area contributed by atoms with Crippen LogP contribution in [-0.4, -0.2) is 36.1 Å². The molecule has 0 saturated heterocycles. The molecule has 1 rings (SSSR count). The van der Waals surface area contributed by atoms with Crippen LogP contribution in [0.5, 0.6) is 0 Å². The van der Waals surface area contributed by atoms with Gasteiger partial charge in [-0.2, -0.15) is 0 Å². The number of aliphatic carboxylic acids is 1. The highest BCUT2D eigenvalue weighted by Crippen LogP contribution is 2.16. The first-order valence-corrected chi connectivity index (χ1v) is 5.85. The molecule has 0 aromatic heterocycles. The Kier molecular flexibility index (Phi) is 5.51. The van der Waals surface area contributed by atoms with E-state index < -0.39 is 12.2 Å². The number of benzene rings is 1. The number of nitrogens with one attached hydrogen (secondary N) is 1. The minimum absolute atomic E-state index is 0.150. The highest BCUT2D eigenvalue weighted by atomic mass is 32.2. The zero-order valence-electron chi connectivity index (χ0n) is 9.25. The van der Waals surface area contributed by atoms with Gasteiger partial charge in [-0.15, -0.1) is 11.8 Å². The average molecular weight is 255 g/mol. The van der Waals surface area contributed by atoms with E-state index in [-0.39, 0.29) is 11.7 Å². The van der Waals surface area contributed by atoms with Crippen LogP contribution < -0.4 is 5.32 Å². The van der Waals surface area contributed by atoms with Crippen molar-refractivity contribution < 1.29 is 19.4 Å². The van der Waals surface area contributed by atoms with Gasteiger partial charge in [0.2, 0.25) is 12.1 Å². The van der Waals surface area contributed by atoms with Gasteiger partial charge in [-0.3, -0.25) is 4.79 Å². The minimum Gasteiger partial charge on any atom is -0.478 e. The Morgan fingerprint density at radius 1 is 1.41 bits per heavy atom. The lowest BCUT2D eigenvalue weighted by Gasteiger charge is -2.11. The number of hydrogen-bond acceptors (Lipinski definition) is 4. The van der Waals surface area contributed by atoms with E-state index in [1.165, 1.54) is 18.9 Å². The minimum atomic E-state index is -1.29. The molecule has 1 unspecified atom stereocenters. The van der Waals surface area contributed by atoms with E-state index >= 15 is 0 Å². The number of hydrogen-bond donors (Lipinski definition) is 2. The van der Waals surface area contributed by atoms with Crippen LogP contribution in [0.3, 0.4) is 0 Å². The van der Waals surface area contributed by atoms with Crippen molar-refractivity contribution in [1.82, 2.24) is 5.32 Å². The number of carbonyl (C=O) groups is 2. The highest BCUT2D eigenvalue weighted by Gasteiger charge is 2.18. The number of carboxylic acid groups (broad SMARTS) is 1. The fraction of sp³-hybridized carbons (Fsp3) is 0.273. The van der Waals surface area contributed by atoms with Crippen molar-refractivity contribution in [3.63, 3.8) is 0 Å². The molecular weight excluding hydrogens is 242 g/mol. The molecule has 0 saturated carbocycles. The summed E-state index contributed by atoms with van der Waals surface area (Å²) < 4.78 is 4.59. The maximum absolute atomic E-state index is 11.4. The number of carbonyl (C=O) groups excluding carboxylic acids is 1. The van der Waals surface area contributed by atoms with Crippen LogP contribution in [-0.2, 0) is 14.3 Å². The lowest BCUT2D eigenvalue weighted by molar-refractivity contribution is -0.153. The normalized spacial score (nSPS) is 11.8. The van der Waals surface area contributed by atoms with Crippen LogP contribution in [0.25, 0.3) is 0 Å². The van der Waals surface area contributed by atoms with Crippen LogP contribution in [0, 0.1) is 0 Å². The van der Waals surface area contributed by atoms with E-state index in [4.69, 9.17) is 5.11 Å². The second kappa shape index (κ2) is 6.93. The van der Waals surface area contributed by atoms with Gasteiger partial charge in [0.25, 0.3) is 0 Å². The van der Waals surface area contributed by atoms with Crippen molar-refractivity contribution in [3.05, 3.63) is 30.3 Å². The molecule has 0 aliphatic heterocycles. The molecule has 17 heavy (non-hydrogen) atoms. The Morgan fingerprint density at radius 3 is 2.59 bits per heavy atom. The van der Waals surface area contributed by atoms with Gasteiger partial charge in [0, 0.05) is 12.0 Å². The monoisotopic (exact) mass is 255 g/mol. The fourth-order valence-electron chi connectivity index (χ4n) is 1.07. The summed E-state index contributed by atoms with van der Waals surface area (Å²) in [5.41, 5.74) is 0. The Hall–Kier alpha value is -1.53. The summed E-state index contributed by atoms with van der Waals surface area (Å²) >= 11 is 1.33. The van der Waals surface area contributed by atoms with Crippen molar-refractivity contribution >= 4 is 23.6 Å². The maximum atomic E-state index is 11.4. The second-order valence-electron chi connectivity index (χ2n) is 3.12. The third-order valence-electron chi connectivity index (χ3n) is 1.87. The zero-order valence-corrected chi connectivity index (χ0v) is 10.1. The number of amides is 1. The van der Waals surface area contributed by atoms with E-state index in [0.717, 1.165) is 4.90 Å². The number of thioether (sulfide) groups is 1. The Bertz CT molecular complexity index is 382. The number of ether oxygens (including phenoxy) is 1. The van der Waals surface area contributed by atoms with Gasteiger partial charge in [-0.05, 0) is 12.1 Å². The largest absolute Gasteiger partial charge is 0.478 e. The molecule has 5 nitrogen and oxygen atoms in total. The summed E-state index contributed by atoms with van der Waals surface area (Å²) in [6.45, 7) is 0. The molecule has 2 N–H and O–H groups in total. The van der Waals surface area contributed by atoms with Gasteiger partial charge in [0.15, 0.2) is 0 Å². The van der Waals surface area contributed by atoms with Crippen molar-refractivity contribution in [2.45, 2.75) is 11.1 Å². The quantitative estimate of drug-likeness (QED) is 0.584. The number of rotatable bonds is 6. The summed E-state index contributed by atoms with van der Waals surface area (Å²) in [6, 6.07) is 9.38. The molecule has 0 aliphatic rings. The first kappa shape index (κ1) is 13.5. The van der Waals surface area contributed by atoms with Crippen LogP contribution in [0.1, 0.15) is 0 Å². The molecule has 92 valence electrons. The van der Waals surface area contributed by atoms with E-state index in [0.29, 0.717) is 0 Å². The number of methoxy groups -OCH3 is 1. The van der Waals surface area contributed by atoms with E-state index in [2.05, 4.69) is 10.1 Å². The molecule has 1 amide bonds. The van der Waals surface area contributed by atoms with Crippen LogP contribution >= 0.6 is 11.8 Å². The molecule has 1 aromatic rings. The van der Waals surface area contributed by atoms with Crippen LogP contribution in [0.4, 0.5) is 0 Å². The predicted octanol–water partition coefficient (Wildman–Crippen LogP) is 0.952. The topological polar surface area (TPSA) is 75.6 Å². The maximum Gasteiger partial charge on any atom is 0.354 e.